The van der Waals surface area contributed by atoms with Gasteiger partial charge in [0, 0.05) is 11.1 Å². The van der Waals surface area contributed by atoms with Gasteiger partial charge in [0.05, 0.1) is 5.69 Å². The number of hydrogen-bond donors (Lipinski definition) is 3. The van der Waals surface area contributed by atoms with Crippen LogP contribution in [0.1, 0.15) is 11.1 Å². The molecular formula is C33H26N6O6S2. The first-order chi connectivity index (χ1) is 22.7. The molecule has 1 aromatic heterocycles. The third kappa shape index (κ3) is 7.43. The zero-order chi connectivity index (χ0) is 32.9. The number of para-hydroxylation sites is 1. The predicted octanol–water partition coefficient (Wildman–Crippen LogP) is 6.34. The van der Waals surface area contributed by atoms with Gasteiger partial charge in [-0.25, -0.2) is 4.98 Å². The Kier molecular flexibility index (Phi) is 8.90. The van der Waals surface area contributed by atoms with Gasteiger partial charge in [-0.2, -0.15) is 26.8 Å². The molecule has 0 unspecified atom stereocenters. The van der Waals surface area contributed by atoms with Gasteiger partial charge in [0.1, 0.15) is 16.1 Å². The quantitative estimate of drug-likeness (QED) is 0.0800. The molecule has 0 aliphatic rings. The minimum absolute atomic E-state index is 0.132. The fourth-order valence-electron chi connectivity index (χ4n) is 4.65. The number of aromatic nitrogens is 3. The lowest BCUT2D eigenvalue weighted by Crippen LogP contribution is -2.34. The first kappa shape index (κ1) is 31.3. The number of fused-ring (bicyclic) bond motifs is 1. The highest BCUT2D eigenvalue weighted by molar-refractivity contribution is 7.87. The monoisotopic (exact) mass is 666 g/mol. The van der Waals surface area contributed by atoms with Crippen LogP contribution in [-0.2, 0) is 24.5 Å². The summed E-state index contributed by atoms with van der Waals surface area (Å²) in [5, 5.41) is 5.56. The van der Waals surface area contributed by atoms with Crippen LogP contribution in [0, 0.1) is 0 Å². The molecule has 47 heavy (non-hydrogen) atoms. The molecule has 14 heteroatoms. The van der Waals surface area contributed by atoms with Crippen molar-refractivity contribution in [3.05, 3.63) is 139 Å². The van der Waals surface area contributed by atoms with Gasteiger partial charge in [-0.05, 0) is 46.8 Å². The van der Waals surface area contributed by atoms with E-state index in [2.05, 4.69) is 25.7 Å². The molecule has 3 N–H and O–H groups in total. The predicted molar refractivity (Wildman–Crippen MR) is 179 cm³/mol. The number of rotatable bonds is 11. The van der Waals surface area contributed by atoms with E-state index in [0.29, 0.717) is 11.4 Å². The lowest BCUT2D eigenvalue weighted by Gasteiger charge is -2.23. The molecule has 0 fully saturated rings. The fraction of sp³-hybridized carbons (Fsp3) is 0. The van der Waals surface area contributed by atoms with E-state index in [1.807, 2.05) is 60.7 Å². The Hall–Kier alpha value is -5.67. The molecule has 1 heterocycles. The second-order valence-corrected chi connectivity index (χ2v) is 12.8. The summed E-state index contributed by atoms with van der Waals surface area (Å²) in [6.45, 7) is 0. The third-order valence-electron chi connectivity index (χ3n) is 6.78. The van der Waals surface area contributed by atoms with E-state index < -0.39 is 20.2 Å². The minimum atomic E-state index is -4.60. The average molecular weight is 667 g/mol. The molecule has 5 aromatic carbocycles. The minimum Gasteiger partial charge on any atom is -0.324 e. The Labute approximate surface area is 270 Å². The topological polar surface area (TPSA) is 164 Å². The van der Waals surface area contributed by atoms with Gasteiger partial charge in [0.15, 0.2) is 0 Å². The molecular weight excluding hydrogens is 641 g/mol. The summed E-state index contributed by atoms with van der Waals surface area (Å²) in [6.07, 6.45) is 4.01. The van der Waals surface area contributed by atoms with Crippen LogP contribution in [0.5, 0.6) is 0 Å². The number of nitrogens with one attached hydrogen (secondary N) is 2. The first-order valence-corrected chi connectivity index (χ1v) is 16.9. The Morgan fingerprint density at radius 3 is 2.04 bits per heavy atom. The van der Waals surface area contributed by atoms with Crippen LogP contribution in [0.3, 0.4) is 0 Å². The Morgan fingerprint density at radius 2 is 1.30 bits per heavy atom. The van der Waals surface area contributed by atoms with Crippen LogP contribution < -0.4 is 15.9 Å². The Morgan fingerprint density at radius 1 is 0.681 bits per heavy atom. The molecule has 6 aromatic rings. The maximum absolute atomic E-state index is 13.9. The summed E-state index contributed by atoms with van der Waals surface area (Å²) in [7, 11) is -9.13. The first-order valence-electron chi connectivity index (χ1n) is 14.0. The van der Waals surface area contributed by atoms with Gasteiger partial charge in [0.25, 0.3) is 16.1 Å². The molecule has 0 radical (unpaired) electrons. The van der Waals surface area contributed by atoms with E-state index in [-0.39, 0.29) is 32.8 Å². The van der Waals surface area contributed by atoms with Crippen molar-refractivity contribution >= 4 is 66.4 Å². The highest BCUT2D eigenvalue weighted by atomic mass is 32.2. The lowest BCUT2D eigenvalue weighted by atomic mass is 10.1. The van der Waals surface area contributed by atoms with Gasteiger partial charge in [-0.1, -0.05) is 103 Å². The second kappa shape index (κ2) is 13.4. The maximum Gasteiger partial charge on any atom is 0.320 e. The van der Waals surface area contributed by atoms with Crippen molar-refractivity contribution in [3.63, 3.8) is 0 Å². The lowest BCUT2D eigenvalue weighted by molar-refractivity contribution is 0.297. The molecule has 236 valence electrons. The second-order valence-electron chi connectivity index (χ2n) is 9.95. The molecule has 0 saturated carbocycles. The zero-order valence-corrected chi connectivity index (χ0v) is 26.0. The van der Waals surface area contributed by atoms with Gasteiger partial charge < -0.3 is 5.32 Å². The normalized spacial score (nSPS) is 11.9. The number of benzene rings is 5. The van der Waals surface area contributed by atoms with E-state index in [9.17, 15) is 21.4 Å². The summed E-state index contributed by atoms with van der Waals surface area (Å²) in [5.74, 6) is -0.0437. The van der Waals surface area contributed by atoms with E-state index in [0.717, 1.165) is 15.9 Å². The molecule has 12 nitrogen and oxygen atoms in total. The van der Waals surface area contributed by atoms with Crippen LogP contribution >= 0.6 is 0 Å². The van der Waals surface area contributed by atoms with Crippen molar-refractivity contribution in [2.75, 3.05) is 15.9 Å². The van der Waals surface area contributed by atoms with Crippen LogP contribution in [0.25, 0.3) is 22.9 Å². The van der Waals surface area contributed by atoms with Crippen molar-refractivity contribution in [1.29, 1.82) is 0 Å². The van der Waals surface area contributed by atoms with Crippen molar-refractivity contribution in [2.24, 2.45) is 0 Å². The Balaban J connectivity index is 1.38. The fourth-order valence-corrected chi connectivity index (χ4v) is 6.38. The molecule has 0 bridgehead atoms. The third-order valence-corrected chi connectivity index (χ3v) is 8.97. The number of hydrazine groups is 1. The van der Waals surface area contributed by atoms with Crippen molar-refractivity contribution < 1.29 is 25.7 Å². The zero-order valence-electron chi connectivity index (χ0n) is 24.4. The Bertz CT molecular complexity index is 2300. The van der Waals surface area contributed by atoms with Gasteiger partial charge >= 0.3 is 10.1 Å². The van der Waals surface area contributed by atoms with Crippen LogP contribution in [0.4, 0.5) is 23.3 Å². The average Bonchev–Trinajstić information content (AvgIpc) is 3.07. The largest absolute Gasteiger partial charge is 0.324 e. The summed E-state index contributed by atoms with van der Waals surface area (Å²) in [4.78, 5) is 12.2. The number of hydrogen-bond acceptors (Lipinski definition) is 11. The molecule has 0 aliphatic heterocycles. The van der Waals surface area contributed by atoms with Crippen LogP contribution in [-0.4, -0.2) is 36.3 Å². The summed E-state index contributed by atoms with van der Waals surface area (Å²) in [5.41, 5.74) is 4.54. The summed E-state index contributed by atoms with van der Waals surface area (Å²) < 4.78 is 67.0. The summed E-state index contributed by atoms with van der Waals surface area (Å²) in [6, 6.07) is 33.9. The number of nitrogens with zero attached hydrogens (tertiary/aromatic N) is 4. The van der Waals surface area contributed by atoms with Crippen molar-refractivity contribution in [3.8, 4) is 0 Å². The molecule has 6 rings (SSSR count). The summed E-state index contributed by atoms with van der Waals surface area (Å²) >= 11 is 0. The number of anilines is 4. The molecule has 0 saturated heterocycles. The van der Waals surface area contributed by atoms with Crippen LogP contribution in [0.15, 0.2) is 137 Å². The van der Waals surface area contributed by atoms with Crippen molar-refractivity contribution in [2.45, 2.75) is 9.79 Å². The van der Waals surface area contributed by atoms with Gasteiger partial charge in [-0.15, -0.1) is 9.46 Å². The van der Waals surface area contributed by atoms with E-state index in [4.69, 9.17) is 4.28 Å². The molecule has 0 aliphatic carbocycles. The highest BCUT2D eigenvalue weighted by Gasteiger charge is 2.26. The maximum atomic E-state index is 13.9. The molecule has 0 amide bonds. The van der Waals surface area contributed by atoms with E-state index in [1.165, 1.54) is 54.9 Å². The van der Waals surface area contributed by atoms with E-state index >= 15 is 0 Å². The molecule has 0 atom stereocenters. The van der Waals surface area contributed by atoms with Crippen LogP contribution in [0.2, 0.25) is 0 Å². The SMILES string of the molecule is O=S(=O)(O)c1ccccc1C=Cc1ccccc1S(=O)(=O)ON(Nc1cccc2ccccc12)c1ncnc(Nc2ccccc2)n1. The van der Waals surface area contributed by atoms with Gasteiger partial charge in [-0.3, -0.25) is 9.98 Å². The standard InChI is InChI=1S/C33H26N6O6S2/c40-46(41,42)30-19-8-5-12-25(30)21-22-26-13-6-9-20-31(26)47(43,44)45-39(38-29-18-10-14-24-11-4-7-17-28(24)29)33-35-23-34-32(37-33)36-27-15-2-1-3-16-27/h1-23,38H,(H,40,41,42)(H,34,35,36,37). The smallest absolute Gasteiger partial charge is 0.320 e. The van der Waals surface area contributed by atoms with Crippen molar-refractivity contribution in [1.82, 2.24) is 15.0 Å². The highest BCUT2D eigenvalue weighted by Crippen LogP contribution is 2.28. The van der Waals surface area contributed by atoms with Gasteiger partial charge in [0.2, 0.25) is 5.95 Å². The van der Waals surface area contributed by atoms with E-state index in [1.54, 1.807) is 24.3 Å². The molecule has 0 spiro atoms.